The average Bonchev–Trinajstić information content (AvgIpc) is 2.32. The molecular formula is C15H26N2. The van der Waals surface area contributed by atoms with Crippen LogP contribution in [0.15, 0.2) is 24.3 Å². The van der Waals surface area contributed by atoms with E-state index in [9.17, 15) is 0 Å². The van der Waals surface area contributed by atoms with Gasteiger partial charge in [-0.05, 0) is 51.4 Å². The minimum atomic E-state index is 0.260. The van der Waals surface area contributed by atoms with Crippen molar-refractivity contribution in [3.8, 4) is 0 Å². The van der Waals surface area contributed by atoms with E-state index in [0.29, 0.717) is 0 Å². The molecule has 2 nitrogen and oxygen atoms in total. The Labute approximate surface area is 106 Å². The van der Waals surface area contributed by atoms with Gasteiger partial charge < -0.3 is 5.73 Å². The number of benzene rings is 1. The van der Waals surface area contributed by atoms with Gasteiger partial charge in [0.2, 0.25) is 0 Å². The van der Waals surface area contributed by atoms with E-state index in [-0.39, 0.29) is 5.54 Å². The molecular weight excluding hydrogens is 208 g/mol. The van der Waals surface area contributed by atoms with E-state index in [1.165, 1.54) is 11.1 Å². The number of nitrogens with zero attached hydrogens (tertiary/aromatic N) is 1. The Morgan fingerprint density at radius 3 is 2.12 bits per heavy atom. The minimum Gasteiger partial charge on any atom is -0.330 e. The van der Waals surface area contributed by atoms with Crippen molar-refractivity contribution in [2.45, 2.75) is 45.7 Å². The molecule has 0 amide bonds. The molecule has 17 heavy (non-hydrogen) atoms. The van der Waals surface area contributed by atoms with Crippen LogP contribution in [-0.4, -0.2) is 24.0 Å². The fraction of sp³-hybridized carbons (Fsp3) is 0.600. The first-order valence-electron chi connectivity index (χ1n) is 6.48. The van der Waals surface area contributed by atoms with Gasteiger partial charge in [0.25, 0.3) is 0 Å². The van der Waals surface area contributed by atoms with Crippen LogP contribution < -0.4 is 5.73 Å². The quantitative estimate of drug-likeness (QED) is 0.820. The van der Waals surface area contributed by atoms with Gasteiger partial charge in [-0.1, -0.05) is 31.2 Å². The van der Waals surface area contributed by atoms with Gasteiger partial charge >= 0.3 is 0 Å². The summed E-state index contributed by atoms with van der Waals surface area (Å²) in [6, 6.07) is 8.81. The molecule has 0 bridgehead atoms. The molecule has 96 valence electrons. The molecule has 0 atom stereocenters. The first-order chi connectivity index (χ1) is 7.99. The minimum absolute atomic E-state index is 0.260. The fourth-order valence-electron chi connectivity index (χ4n) is 1.74. The Kier molecular flexibility index (Phi) is 5.16. The predicted molar refractivity (Wildman–Crippen MR) is 75.0 cm³/mol. The molecule has 0 aliphatic carbocycles. The zero-order valence-electron chi connectivity index (χ0n) is 11.7. The van der Waals surface area contributed by atoms with E-state index in [0.717, 1.165) is 25.9 Å². The van der Waals surface area contributed by atoms with E-state index < -0.39 is 0 Å². The van der Waals surface area contributed by atoms with Crippen molar-refractivity contribution in [3.63, 3.8) is 0 Å². The molecule has 2 heteroatoms. The van der Waals surface area contributed by atoms with Crippen LogP contribution in [0.5, 0.6) is 0 Å². The highest BCUT2D eigenvalue weighted by atomic mass is 15.2. The van der Waals surface area contributed by atoms with Crippen molar-refractivity contribution in [2.24, 2.45) is 5.73 Å². The van der Waals surface area contributed by atoms with E-state index in [4.69, 9.17) is 5.73 Å². The van der Waals surface area contributed by atoms with Gasteiger partial charge in [-0.25, -0.2) is 0 Å². The standard InChI is InChI=1S/C15H26N2/c1-5-15(2,3)17(4)12-14-8-6-13(7-9-14)10-11-16/h6-9H,5,10-12,16H2,1-4H3. The van der Waals surface area contributed by atoms with Crippen LogP contribution in [0.2, 0.25) is 0 Å². The third-order valence-electron chi connectivity index (χ3n) is 3.77. The Morgan fingerprint density at radius 1 is 1.12 bits per heavy atom. The second-order valence-corrected chi connectivity index (χ2v) is 5.38. The van der Waals surface area contributed by atoms with Crippen molar-refractivity contribution in [1.82, 2.24) is 4.90 Å². The SMILES string of the molecule is CCC(C)(C)N(C)Cc1ccc(CCN)cc1. The molecule has 0 fully saturated rings. The maximum absolute atomic E-state index is 5.55. The Balaban J connectivity index is 2.63. The van der Waals surface area contributed by atoms with Crippen molar-refractivity contribution >= 4 is 0 Å². The van der Waals surface area contributed by atoms with Gasteiger partial charge in [0, 0.05) is 12.1 Å². The maximum atomic E-state index is 5.55. The highest BCUT2D eigenvalue weighted by molar-refractivity contribution is 5.22. The summed E-state index contributed by atoms with van der Waals surface area (Å²) in [6.07, 6.45) is 2.13. The molecule has 0 aliphatic rings. The lowest BCUT2D eigenvalue weighted by molar-refractivity contribution is 0.143. The Bertz CT molecular complexity index is 327. The fourth-order valence-corrected chi connectivity index (χ4v) is 1.74. The van der Waals surface area contributed by atoms with E-state index in [1.54, 1.807) is 0 Å². The Hall–Kier alpha value is -0.860. The summed E-state index contributed by atoms with van der Waals surface area (Å²) in [5, 5.41) is 0. The third kappa shape index (κ3) is 4.14. The molecule has 0 spiro atoms. The van der Waals surface area contributed by atoms with Crippen LogP contribution in [0, 0.1) is 0 Å². The average molecular weight is 234 g/mol. The smallest absolute Gasteiger partial charge is 0.0235 e. The normalized spacial score (nSPS) is 12.1. The molecule has 0 unspecified atom stereocenters. The highest BCUT2D eigenvalue weighted by Crippen LogP contribution is 2.19. The number of hydrogen-bond donors (Lipinski definition) is 1. The van der Waals surface area contributed by atoms with Crippen LogP contribution >= 0.6 is 0 Å². The molecule has 0 saturated heterocycles. The summed E-state index contributed by atoms with van der Waals surface area (Å²) in [5.74, 6) is 0. The van der Waals surface area contributed by atoms with Crippen LogP contribution in [0.4, 0.5) is 0 Å². The second-order valence-electron chi connectivity index (χ2n) is 5.38. The van der Waals surface area contributed by atoms with Crippen LogP contribution in [-0.2, 0) is 13.0 Å². The van der Waals surface area contributed by atoms with Crippen molar-refractivity contribution in [2.75, 3.05) is 13.6 Å². The summed E-state index contributed by atoms with van der Waals surface area (Å²) in [6.45, 7) is 8.54. The zero-order chi connectivity index (χ0) is 12.9. The van der Waals surface area contributed by atoms with E-state index in [2.05, 4.69) is 57.0 Å². The monoisotopic (exact) mass is 234 g/mol. The second kappa shape index (κ2) is 6.18. The van der Waals surface area contributed by atoms with E-state index >= 15 is 0 Å². The molecule has 1 aromatic rings. The summed E-state index contributed by atoms with van der Waals surface area (Å²) in [4.78, 5) is 2.41. The molecule has 1 rings (SSSR count). The molecule has 0 aromatic heterocycles. The van der Waals surface area contributed by atoms with Gasteiger partial charge in [-0.3, -0.25) is 4.90 Å². The van der Waals surface area contributed by atoms with Crippen molar-refractivity contribution in [1.29, 1.82) is 0 Å². The zero-order valence-corrected chi connectivity index (χ0v) is 11.7. The molecule has 0 heterocycles. The molecule has 0 saturated carbocycles. The Morgan fingerprint density at radius 2 is 1.65 bits per heavy atom. The number of nitrogens with two attached hydrogens (primary N) is 1. The maximum Gasteiger partial charge on any atom is 0.0235 e. The molecule has 1 aromatic carbocycles. The summed E-state index contributed by atoms with van der Waals surface area (Å²) in [5.41, 5.74) is 8.50. The van der Waals surface area contributed by atoms with Gasteiger partial charge in [0.05, 0.1) is 0 Å². The van der Waals surface area contributed by atoms with Gasteiger partial charge in [-0.15, -0.1) is 0 Å². The van der Waals surface area contributed by atoms with Crippen LogP contribution in [0.25, 0.3) is 0 Å². The summed E-state index contributed by atoms with van der Waals surface area (Å²) < 4.78 is 0. The van der Waals surface area contributed by atoms with Gasteiger partial charge in [0.15, 0.2) is 0 Å². The van der Waals surface area contributed by atoms with Gasteiger partial charge in [0.1, 0.15) is 0 Å². The number of hydrogen-bond acceptors (Lipinski definition) is 2. The van der Waals surface area contributed by atoms with Crippen molar-refractivity contribution in [3.05, 3.63) is 35.4 Å². The van der Waals surface area contributed by atoms with Gasteiger partial charge in [-0.2, -0.15) is 0 Å². The lowest BCUT2D eigenvalue weighted by Gasteiger charge is -2.34. The highest BCUT2D eigenvalue weighted by Gasteiger charge is 2.20. The predicted octanol–water partition coefficient (Wildman–Crippen LogP) is 2.81. The van der Waals surface area contributed by atoms with Crippen LogP contribution in [0.1, 0.15) is 38.3 Å². The first-order valence-corrected chi connectivity index (χ1v) is 6.48. The third-order valence-corrected chi connectivity index (χ3v) is 3.77. The summed E-state index contributed by atoms with van der Waals surface area (Å²) in [7, 11) is 2.19. The first kappa shape index (κ1) is 14.2. The summed E-state index contributed by atoms with van der Waals surface area (Å²) >= 11 is 0. The van der Waals surface area contributed by atoms with Crippen LogP contribution in [0.3, 0.4) is 0 Å². The van der Waals surface area contributed by atoms with E-state index in [1.807, 2.05) is 0 Å². The van der Waals surface area contributed by atoms with Crippen molar-refractivity contribution < 1.29 is 0 Å². The molecule has 0 radical (unpaired) electrons. The molecule has 2 N–H and O–H groups in total. The largest absolute Gasteiger partial charge is 0.330 e. The number of rotatable bonds is 6. The topological polar surface area (TPSA) is 29.3 Å². The molecule has 0 aliphatic heterocycles. The lowest BCUT2D eigenvalue weighted by Crippen LogP contribution is -2.39. The lowest BCUT2D eigenvalue weighted by atomic mass is 9.99.